The number of thiazole rings is 1. The number of hydrogen-bond donors (Lipinski definition) is 1. The highest BCUT2D eigenvalue weighted by Crippen LogP contribution is 2.21. The average Bonchev–Trinajstić information content (AvgIpc) is 3.09. The molecule has 0 atom stereocenters. The summed E-state index contributed by atoms with van der Waals surface area (Å²) in [5.41, 5.74) is 5.66. The fourth-order valence-corrected chi connectivity index (χ4v) is 3.76. The number of aryl methyl sites for hydroxylation is 1. The van der Waals surface area contributed by atoms with Gasteiger partial charge in [0.1, 0.15) is 5.82 Å². The lowest BCUT2D eigenvalue weighted by molar-refractivity contribution is 0.251. The van der Waals surface area contributed by atoms with E-state index in [1.165, 1.54) is 16.4 Å². The molecule has 1 aliphatic rings. The minimum absolute atomic E-state index is 0.652. The highest BCUT2D eigenvalue weighted by Gasteiger charge is 2.20. The summed E-state index contributed by atoms with van der Waals surface area (Å²) in [6.45, 7) is 7.13. The van der Waals surface area contributed by atoms with Gasteiger partial charge in [-0.2, -0.15) is 4.37 Å². The Bertz CT molecular complexity index is 558. The van der Waals surface area contributed by atoms with E-state index >= 15 is 0 Å². The summed E-state index contributed by atoms with van der Waals surface area (Å²) in [6, 6.07) is 0. The third-order valence-corrected chi connectivity index (χ3v) is 4.99. The highest BCUT2D eigenvalue weighted by molar-refractivity contribution is 7.15. The summed E-state index contributed by atoms with van der Waals surface area (Å²) in [7, 11) is 0. The van der Waals surface area contributed by atoms with Crippen LogP contribution in [0.15, 0.2) is 6.20 Å². The van der Waals surface area contributed by atoms with E-state index in [-0.39, 0.29) is 0 Å². The molecule has 6 nitrogen and oxygen atoms in total. The van der Waals surface area contributed by atoms with Crippen LogP contribution in [-0.4, -0.2) is 45.4 Å². The Kier molecular flexibility index (Phi) is 4.13. The number of piperazine rings is 1. The lowest BCUT2D eigenvalue weighted by Crippen LogP contribution is -2.45. The van der Waals surface area contributed by atoms with Crippen molar-refractivity contribution in [2.75, 3.05) is 36.8 Å². The second kappa shape index (κ2) is 6.02. The van der Waals surface area contributed by atoms with E-state index in [0.717, 1.165) is 50.1 Å². The normalized spacial score (nSPS) is 16.8. The van der Waals surface area contributed by atoms with Gasteiger partial charge in [0.2, 0.25) is 5.13 Å². The molecule has 108 valence electrons. The molecule has 20 heavy (non-hydrogen) atoms. The van der Waals surface area contributed by atoms with Crippen LogP contribution in [0.2, 0.25) is 0 Å². The maximum Gasteiger partial charge on any atom is 0.205 e. The molecule has 2 N–H and O–H groups in total. The number of nitrogens with zero attached hydrogens (tertiary/aromatic N) is 5. The molecule has 0 radical (unpaired) electrons. The van der Waals surface area contributed by atoms with Gasteiger partial charge in [0.25, 0.3) is 0 Å². The summed E-state index contributed by atoms with van der Waals surface area (Å²) >= 11 is 3.09. The van der Waals surface area contributed by atoms with Gasteiger partial charge in [-0.05, 0) is 0 Å². The van der Waals surface area contributed by atoms with Crippen LogP contribution in [0.3, 0.4) is 0 Å². The van der Waals surface area contributed by atoms with Gasteiger partial charge in [-0.15, -0.1) is 11.3 Å². The Labute approximate surface area is 126 Å². The zero-order valence-electron chi connectivity index (χ0n) is 11.4. The molecule has 0 bridgehead atoms. The van der Waals surface area contributed by atoms with Gasteiger partial charge in [-0.3, -0.25) is 4.90 Å². The zero-order valence-corrected chi connectivity index (χ0v) is 13.1. The molecule has 1 aliphatic heterocycles. The molecule has 0 aromatic carbocycles. The third kappa shape index (κ3) is 3.08. The minimum atomic E-state index is 0.652. The molecular formula is C12H18N6S2. The highest BCUT2D eigenvalue weighted by atomic mass is 32.1. The molecule has 1 fully saturated rings. The maximum atomic E-state index is 5.66. The second-order valence-corrected chi connectivity index (χ2v) is 6.65. The van der Waals surface area contributed by atoms with Crippen LogP contribution in [0, 0.1) is 0 Å². The number of rotatable bonds is 4. The van der Waals surface area contributed by atoms with Crippen molar-refractivity contribution in [2.24, 2.45) is 0 Å². The Morgan fingerprint density at radius 1 is 1.30 bits per heavy atom. The van der Waals surface area contributed by atoms with E-state index in [2.05, 4.69) is 31.1 Å². The van der Waals surface area contributed by atoms with Crippen molar-refractivity contribution in [3.05, 3.63) is 16.9 Å². The quantitative estimate of drug-likeness (QED) is 0.922. The number of aromatic nitrogens is 3. The number of hydrogen-bond acceptors (Lipinski definition) is 8. The first-order valence-electron chi connectivity index (χ1n) is 6.74. The molecule has 0 amide bonds. The van der Waals surface area contributed by atoms with E-state index in [1.54, 1.807) is 11.3 Å². The molecule has 8 heteroatoms. The standard InChI is InChI=1S/C12H18N6S2/c1-2-10-15-12(20-16-10)18-5-3-17(4-6-18)8-9-7-14-11(13)19-9/h7H,2-6,8H2,1H3,(H2,13,14). The van der Waals surface area contributed by atoms with Crippen LogP contribution < -0.4 is 10.6 Å². The molecule has 0 unspecified atom stereocenters. The molecule has 2 aromatic heterocycles. The first-order valence-corrected chi connectivity index (χ1v) is 8.33. The Hall–Kier alpha value is -1.25. The van der Waals surface area contributed by atoms with Crippen LogP contribution in [0.25, 0.3) is 0 Å². The van der Waals surface area contributed by atoms with Gasteiger partial charge in [0.15, 0.2) is 5.13 Å². The lowest BCUT2D eigenvalue weighted by Gasteiger charge is -2.33. The van der Waals surface area contributed by atoms with Crippen molar-refractivity contribution in [2.45, 2.75) is 19.9 Å². The molecule has 0 saturated carbocycles. The SMILES string of the molecule is CCc1nsc(N2CCN(Cc3cnc(N)s3)CC2)n1. The van der Waals surface area contributed by atoms with Gasteiger partial charge in [0.05, 0.1) is 0 Å². The summed E-state index contributed by atoms with van der Waals surface area (Å²) < 4.78 is 4.35. The predicted octanol–water partition coefficient (Wildman–Crippen LogP) is 1.46. The number of nitrogen functional groups attached to an aromatic ring is 1. The summed E-state index contributed by atoms with van der Waals surface area (Å²) in [5.74, 6) is 0.951. The van der Waals surface area contributed by atoms with Crippen molar-refractivity contribution >= 4 is 33.1 Å². The monoisotopic (exact) mass is 310 g/mol. The van der Waals surface area contributed by atoms with E-state index in [9.17, 15) is 0 Å². The fourth-order valence-electron chi connectivity index (χ4n) is 2.23. The van der Waals surface area contributed by atoms with Crippen LogP contribution >= 0.6 is 22.9 Å². The molecule has 0 spiro atoms. The smallest absolute Gasteiger partial charge is 0.205 e. The molecule has 0 aliphatic carbocycles. The maximum absolute atomic E-state index is 5.66. The van der Waals surface area contributed by atoms with Gasteiger partial charge in [0, 0.05) is 61.8 Å². The number of anilines is 2. The van der Waals surface area contributed by atoms with Crippen molar-refractivity contribution in [1.29, 1.82) is 0 Å². The van der Waals surface area contributed by atoms with E-state index in [0.29, 0.717) is 5.13 Å². The molecule has 3 rings (SSSR count). The van der Waals surface area contributed by atoms with Crippen molar-refractivity contribution < 1.29 is 0 Å². The van der Waals surface area contributed by atoms with E-state index < -0.39 is 0 Å². The summed E-state index contributed by atoms with van der Waals surface area (Å²) in [4.78, 5) is 14.7. The average molecular weight is 310 g/mol. The third-order valence-electron chi connectivity index (χ3n) is 3.37. The van der Waals surface area contributed by atoms with Gasteiger partial charge in [-0.1, -0.05) is 6.92 Å². The fraction of sp³-hybridized carbons (Fsp3) is 0.583. The van der Waals surface area contributed by atoms with Gasteiger partial charge < -0.3 is 10.6 Å². The minimum Gasteiger partial charge on any atom is -0.375 e. The van der Waals surface area contributed by atoms with Gasteiger partial charge in [-0.25, -0.2) is 9.97 Å². The van der Waals surface area contributed by atoms with Crippen LogP contribution in [0.1, 0.15) is 17.6 Å². The predicted molar refractivity (Wildman–Crippen MR) is 83.3 cm³/mol. The first-order chi connectivity index (χ1) is 9.74. The largest absolute Gasteiger partial charge is 0.375 e. The molecule has 3 heterocycles. The summed E-state index contributed by atoms with van der Waals surface area (Å²) in [6.07, 6.45) is 2.79. The van der Waals surface area contributed by atoms with Crippen LogP contribution in [0.4, 0.5) is 10.3 Å². The van der Waals surface area contributed by atoms with Crippen molar-refractivity contribution in [3.8, 4) is 0 Å². The Morgan fingerprint density at radius 2 is 2.10 bits per heavy atom. The Balaban J connectivity index is 1.54. The molecule has 1 saturated heterocycles. The van der Waals surface area contributed by atoms with Gasteiger partial charge >= 0.3 is 0 Å². The topological polar surface area (TPSA) is 71.2 Å². The van der Waals surface area contributed by atoms with Crippen molar-refractivity contribution in [1.82, 2.24) is 19.2 Å². The molecular weight excluding hydrogens is 292 g/mol. The van der Waals surface area contributed by atoms with E-state index in [4.69, 9.17) is 5.73 Å². The van der Waals surface area contributed by atoms with Crippen molar-refractivity contribution in [3.63, 3.8) is 0 Å². The van der Waals surface area contributed by atoms with Crippen LogP contribution in [0.5, 0.6) is 0 Å². The number of nitrogens with two attached hydrogens (primary N) is 1. The lowest BCUT2D eigenvalue weighted by atomic mass is 10.3. The first kappa shape index (κ1) is 13.7. The second-order valence-electron chi connectivity index (χ2n) is 4.77. The Morgan fingerprint density at radius 3 is 2.70 bits per heavy atom. The zero-order chi connectivity index (χ0) is 13.9. The molecule has 2 aromatic rings. The van der Waals surface area contributed by atoms with E-state index in [1.807, 2.05) is 6.20 Å². The summed E-state index contributed by atoms with van der Waals surface area (Å²) in [5, 5.41) is 1.71. The van der Waals surface area contributed by atoms with Crippen LogP contribution in [-0.2, 0) is 13.0 Å².